The summed E-state index contributed by atoms with van der Waals surface area (Å²) in [5.41, 5.74) is 2.40. The molecule has 0 saturated carbocycles. The van der Waals surface area contributed by atoms with Crippen LogP contribution in [0.3, 0.4) is 0 Å². The number of likely N-dealkylation sites (tertiary alicyclic amines) is 1. The van der Waals surface area contributed by atoms with E-state index in [1.54, 1.807) is 4.90 Å². The lowest BCUT2D eigenvalue weighted by Crippen LogP contribution is -2.51. The van der Waals surface area contributed by atoms with E-state index in [1.165, 1.54) is 7.05 Å². The highest BCUT2D eigenvalue weighted by atomic mass is 16.4. The van der Waals surface area contributed by atoms with Gasteiger partial charge in [-0.2, -0.15) is 0 Å². The number of carbonyl (C=O) groups excluding carboxylic acids is 1. The zero-order valence-corrected chi connectivity index (χ0v) is 15.8. The van der Waals surface area contributed by atoms with Crippen LogP contribution in [0.5, 0.6) is 0 Å². The van der Waals surface area contributed by atoms with Gasteiger partial charge in [-0.15, -0.1) is 6.42 Å². The van der Waals surface area contributed by atoms with E-state index in [2.05, 4.69) is 15.9 Å². The summed E-state index contributed by atoms with van der Waals surface area (Å²) >= 11 is 0. The number of amides is 2. The normalized spacial score (nSPS) is 17.9. The third-order valence-electron chi connectivity index (χ3n) is 5.12. The van der Waals surface area contributed by atoms with Crippen molar-refractivity contribution in [1.82, 2.24) is 19.8 Å². The van der Waals surface area contributed by atoms with Crippen LogP contribution in [0.25, 0.3) is 11.0 Å². The number of carboxylic acid groups (broad SMARTS) is 1. The molecule has 27 heavy (non-hydrogen) atoms. The first kappa shape index (κ1) is 18.8. The van der Waals surface area contributed by atoms with Gasteiger partial charge in [-0.1, -0.05) is 19.8 Å². The molecular weight excluding hydrogens is 344 g/mol. The number of likely N-dealkylation sites (N-methyl/N-ethyl adjacent to an activating group) is 1. The van der Waals surface area contributed by atoms with Crippen LogP contribution in [0.2, 0.25) is 0 Å². The first-order valence-corrected chi connectivity index (χ1v) is 9.06. The van der Waals surface area contributed by atoms with Gasteiger partial charge >= 0.3 is 6.09 Å². The van der Waals surface area contributed by atoms with Gasteiger partial charge in [0.15, 0.2) is 0 Å². The number of aromatic amines is 1. The van der Waals surface area contributed by atoms with Gasteiger partial charge in [-0.3, -0.25) is 9.69 Å². The highest BCUT2D eigenvalue weighted by molar-refractivity contribution is 5.86. The topological polar surface area (TPSA) is 89.5 Å². The fourth-order valence-electron chi connectivity index (χ4n) is 3.78. The maximum atomic E-state index is 13.2. The molecule has 0 bridgehead atoms. The van der Waals surface area contributed by atoms with E-state index in [0.29, 0.717) is 12.4 Å². The fraction of sp³-hybridized carbons (Fsp3) is 0.450. The van der Waals surface area contributed by atoms with Crippen molar-refractivity contribution < 1.29 is 14.7 Å². The van der Waals surface area contributed by atoms with Crippen LogP contribution in [0.1, 0.15) is 44.1 Å². The Morgan fingerprint density at radius 2 is 2.19 bits per heavy atom. The summed E-state index contributed by atoms with van der Waals surface area (Å²) in [6, 6.07) is 4.65. The van der Waals surface area contributed by atoms with Crippen LogP contribution in [-0.4, -0.2) is 56.5 Å². The number of carbonyl (C=O) groups is 2. The minimum absolute atomic E-state index is 0.131. The lowest BCUT2D eigenvalue weighted by molar-refractivity contribution is -0.138. The maximum Gasteiger partial charge on any atom is 0.407 e. The van der Waals surface area contributed by atoms with Crippen molar-refractivity contribution in [1.29, 1.82) is 0 Å². The van der Waals surface area contributed by atoms with Gasteiger partial charge in [0.2, 0.25) is 5.91 Å². The molecule has 142 valence electrons. The number of imidazole rings is 1. The van der Waals surface area contributed by atoms with E-state index in [-0.39, 0.29) is 17.9 Å². The van der Waals surface area contributed by atoms with E-state index in [9.17, 15) is 14.7 Å². The lowest BCUT2D eigenvalue weighted by atomic mass is 10.0. The summed E-state index contributed by atoms with van der Waals surface area (Å²) in [6.45, 7) is 4.30. The van der Waals surface area contributed by atoms with Crippen LogP contribution in [0.4, 0.5) is 4.79 Å². The van der Waals surface area contributed by atoms with E-state index in [0.717, 1.165) is 34.3 Å². The third kappa shape index (κ3) is 3.47. The van der Waals surface area contributed by atoms with Crippen molar-refractivity contribution >= 4 is 23.0 Å². The molecule has 1 aromatic heterocycles. The average Bonchev–Trinajstić information content (AvgIpc) is 3.26. The van der Waals surface area contributed by atoms with Crippen molar-refractivity contribution in [2.45, 2.75) is 38.8 Å². The molecule has 2 atom stereocenters. The summed E-state index contributed by atoms with van der Waals surface area (Å²) < 4.78 is 0. The highest BCUT2D eigenvalue weighted by Gasteiger charge is 2.39. The fourth-order valence-corrected chi connectivity index (χ4v) is 3.78. The molecular formula is C20H24N4O3. The van der Waals surface area contributed by atoms with Crippen molar-refractivity contribution in [2.24, 2.45) is 5.92 Å². The molecule has 2 unspecified atom stereocenters. The molecule has 0 spiro atoms. The quantitative estimate of drug-likeness (QED) is 0.812. The number of rotatable bonds is 4. The minimum Gasteiger partial charge on any atom is -0.465 e. The Labute approximate surface area is 158 Å². The predicted octanol–water partition coefficient (Wildman–Crippen LogP) is 2.84. The Hall–Kier alpha value is -3.01. The number of aromatic nitrogens is 2. The van der Waals surface area contributed by atoms with Gasteiger partial charge in [0, 0.05) is 19.2 Å². The third-order valence-corrected chi connectivity index (χ3v) is 5.12. The second-order valence-corrected chi connectivity index (χ2v) is 7.27. The number of hydrogen-bond acceptors (Lipinski definition) is 3. The number of benzene rings is 1. The van der Waals surface area contributed by atoms with Crippen molar-refractivity contribution in [3.63, 3.8) is 0 Å². The Morgan fingerprint density at radius 1 is 1.44 bits per heavy atom. The molecule has 7 nitrogen and oxygen atoms in total. The van der Waals surface area contributed by atoms with Crippen LogP contribution in [0, 0.1) is 18.3 Å². The minimum atomic E-state index is -1.11. The van der Waals surface area contributed by atoms with Crippen molar-refractivity contribution in [2.75, 3.05) is 13.6 Å². The molecule has 2 N–H and O–H groups in total. The number of H-pyrrole nitrogens is 1. The van der Waals surface area contributed by atoms with Crippen LogP contribution >= 0.6 is 0 Å². The van der Waals surface area contributed by atoms with Crippen molar-refractivity contribution in [3.8, 4) is 12.3 Å². The first-order valence-electron chi connectivity index (χ1n) is 9.06. The number of hydrogen-bond donors (Lipinski definition) is 2. The highest BCUT2D eigenvalue weighted by Crippen LogP contribution is 2.33. The molecule has 2 amide bonds. The average molecular weight is 368 g/mol. The second kappa shape index (κ2) is 7.31. The predicted molar refractivity (Wildman–Crippen MR) is 102 cm³/mol. The van der Waals surface area contributed by atoms with Gasteiger partial charge in [0.1, 0.15) is 11.9 Å². The second-order valence-electron chi connectivity index (χ2n) is 7.27. The van der Waals surface area contributed by atoms with E-state index in [1.807, 2.05) is 32.0 Å². The van der Waals surface area contributed by atoms with E-state index in [4.69, 9.17) is 6.42 Å². The Morgan fingerprint density at radius 3 is 2.81 bits per heavy atom. The molecule has 1 aromatic carbocycles. The molecule has 2 aromatic rings. The maximum absolute atomic E-state index is 13.2. The molecule has 0 aliphatic carbocycles. The van der Waals surface area contributed by atoms with E-state index < -0.39 is 12.1 Å². The SMILES string of the molecule is C#Cc1ccc2nc(C3CCCN3C(=O)C(C(C)C)N(C)C(=O)O)[nH]c2c1. The van der Waals surface area contributed by atoms with Gasteiger partial charge in [0.25, 0.3) is 0 Å². The molecule has 1 fully saturated rings. The summed E-state index contributed by atoms with van der Waals surface area (Å²) in [5, 5.41) is 9.34. The smallest absolute Gasteiger partial charge is 0.407 e. The Bertz CT molecular complexity index is 912. The molecule has 2 heterocycles. The van der Waals surface area contributed by atoms with Gasteiger partial charge in [-0.05, 0) is 37.0 Å². The first-order chi connectivity index (χ1) is 12.8. The lowest BCUT2D eigenvalue weighted by Gasteiger charge is -2.33. The summed E-state index contributed by atoms with van der Waals surface area (Å²) in [5.74, 6) is 3.01. The molecule has 1 saturated heterocycles. The number of fused-ring (bicyclic) bond motifs is 1. The Kier molecular flexibility index (Phi) is 5.08. The van der Waals surface area contributed by atoms with Crippen LogP contribution in [0.15, 0.2) is 18.2 Å². The number of nitrogens with one attached hydrogen (secondary N) is 1. The van der Waals surface area contributed by atoms with Crippen LogP contribution < -0.4 is 0 Å². The zero-order chi connectivity index (χ0) is 19.7. The summed E-state index contributed by atoms with van der Waals surface area (Å²) in [6.07, 6.45) is 5.99. The largest absolute Gasteiger partial charge is 0.465 e. The standard InChI is InChI=1S/C20H24N4O3/c1-5-13-8-9-14-15(11-13)22-18(21-14)16-7-6-10-24(16)19(25)17(12(2)3)23(4)20(26)27/h1,8-9,11-12,16-17H,6-7,10H2,2-4H3,(H,21,22)(H,26,27). The van der Waals surface area contributed by atoms with Crippen LogP contribution in [-0.2, 0) is 4.79 Å². The molecule has 1 aliphatic heterocycles. The van der Waals surface area contributed by atoms with Gasteiger partial charge in [-0.25, -0.2) is 9.78 Å². The monoisotopic (exact) mass is 368 g/mol. The molecule has 0 radical (unpaired) electrons. The van der Waals surface area contributed by atoms with E-state index >= 15 is 0 Å². The Balaban J connectivity index is 1.91. The molecule has 3 rings (SSSR count). The number of terminal acetylenes is 1. The zero-order valence-electron chi connectivity index (χ0n) is 15.8. The molecule has 7 heteroatoms. The number of nitrogens with zero attached hydrogens (tertiary/aromatic N) is 3. The van der Waals surface area contributed by atoms with Gasteiger partial charge < -0.3 is 15.0 Å². The summed E-state index contributed by atoms with van der Waals surface area (Å²) in [7, 11) is 1.44. The van der Waals surface area contributed by atoms with Gasteiger partial charge in [0.05, 0.1) is 17.1 Å². The summed E-state index contributed by atoms with van der Waals surface area (Å²) in [4.78, 5) is 35.4. The van der Waals surface area contributed by atoms with Crippen molar-refractivity contribution in [3.05, 3.63) is 29.6 Å². The molecule has 1 aliphatic rings.